The lowest BCUT2D eigenvalue weighted by molar-refractivity contribution is 0.242. The highest BCUT2D eigenvalue weighted by Crippen LogP contribution is 2.16. The minimum atomic E-state index is 0.576. The van der Waals surface area contributed by atoms with Crippen molar-refractivity contribution in [2.24, 2.45) is 5.92 Å². The summed E-state index contributed by atoms with van der Waals surface area (Å²) in [6, 6.07) is 4.41. The Morgan fingerprint density at radius 2 is 2.44 bits per heavy atom. The van der Waals surface area contributed by atoms with Gasteiger partial charge in [-0.05, 0) is 50.4 Å². The third-order valence-corrected chi connectivity index (χ3v) is 3.40. The number of nitrogens with one attached hydrogen (secondary N) is 2. The third-order valence-electron chi connectivity index (χ3n) is 3.40. The van der Waals surface area contributed by atoms with E-state index >= 15 is 0 Å². The van der Waals surface area contributed by atoms with Gasteiger partial charge in [0.25, 0.3) is 6.01 Å². The maximum Gasteiger partial charge on any atom is 0.296 e. The van der Waals surface area contributed by atoms with Crippen LogP contribution in [0.3, 0.4) is 0 Å². The standard InChI is InChI=1S/C13H18N4O/c1-3-10(9-14-6-1)5-8-18-13-16-11-4-2-7-15-12(11)17-13/h2,4,7,10,14H,1,3,5-6,8-9H2,(H,15,16,17). The van der Waals surface area contributed by atoms with Crippen LogP contribution in [0.5, 0.6) is 6.01 Å². The molecular formula is C13H18N4O. The Morgan fingerprint density at radius 1 is 1.44 bits per heavy atom. The lowest BCUT2D eigenvalue weighted by Crippen LogP contribution is -2.30. The lowest BCUT2D eigenvalue weighted by Gasteiger charge is -2.22. The smallest absolute Gasteiger partial charge is 0.296 e. The summed E-state index contributed by atoms with van der Waals surface area (Å²) in [6.07, 6.45) is 5.40. The molecule has 1 saturated heterocycles. The van der Waals surface area contributed by atoms with E-state index in [1.807, 2.05) is 12.1 Å². The van der Waals surface area contributed by atoms with Gasteiger partial charge in [-0.25, -0.2) is 4.98 Å². The molecule has 0 radical (unpaired) electrons. The fraction of sp³-hybridized carbons (Fsp3) is 0.538. The Kier molecular flexibility index (Phi) is 3.41. The van der Waals surface area contributed by atoms with Crippen LogP contribution in [0, 0.1) is 5.92 Å². The molecule has 5 nitrogen and oxygen atoms in total. The van der Waals surface area contributed by atoms with E-state index in [2.05, 4.69) is 20.3 Å². The zero-order valence-corrected chi connectivity index (χ0v) is 10.4. The minimum absolute atomic E-state index is 0.576. The van der Waals surface area contributed by atoms with Crippen molar-refractivity contribution in [1.29, 1.82) is 0 Å². The largest absolute Gasteiger partial charge is 0.465 e. The van der Waals surface area contributed by atoms with Gasteiger partial charge in [0, 0.05) is 6.20 Å². The second kappa shape index (κ2) is 5.35. The van der Waals surface area contributed by atoms with E-state index in [1.54, 1.807) is 6.20 Å². The van der Waals surface area contributed by atoms with Gasteiger partial charge < -0.3 is 15.0 Å². The number of aromatic nitrogens is 3. The maximum absolute atomic E-state index is 5.66. The second-order valence-corrected chi connectivity index (χ2v) is 4.77. The third kappa shape index (κ3) is 2.61. The lowest BCUT2D eigenvalue weighted by atomic mass is 9.97. The fourth-order valence-corrected chi connectivity index (χ4v) is 2.38. The molecule has 3 rings (SSSR count). The molecule has 2 aromatic heterocycles. The average molecular weight is 246 g/mol. The molecule has 2 N–H and O–H groups in total. The number of imidazole rings is 1. The van der Waals surface area contributed by atoms with Gasteiger partial charge in [-0.15, -0.1) is 0 Å². The Morgan fingerprint density at radius 3 is 3.28 bits per heavy atom. The number of pyridine rings is 1. The number of rotatable bonds is 4. The van der Waals surface area contributed by atoms with Crippen molar-refractivity contribution in [1.82, 2.24) is 20.3 Å². The van der Waals surface area contributed by atoms with Gasteiger partial charge in [0.2, 0.25) is 0 Å². The summed E-state index contributed by atoms with van der Waals surface area (Å²) >= 11 is 0. The maximum atomic E-state index is 5.66. The highest BCUT2D eigenvalue weighted by Gasteiger charge is 2.13. The summed E-state index contributed by atoms with van der Waals surface area (Å²) in [5.74, 6) is 0.737. The molecule has 1 unspecified atom stereocenters. The monoisotopic (exact) mass is 246 g/mol. The molecule has 1 atom stereocenters. The Hall–Kier alpha value is -1.62. The van der Waals surface area contributed by atoms with Gasteiger partial charge in [0.05, 0.1) is 12.1 Å². The Balaban J connectivity index is 1.53. The van der Waals surface area contributed by atoms with Gasteiger partial charge in [0.1, 0.15) is 0 Å². The molecule has 2 aromatic rings. The van der Waals surface area contributed by atoms with E-state index < -0.39 is 0 Å². The quantitative estimate of drug-likeness (QED) is 0.862. The molecule has 0 aliphatic carbocycles. The fourth-order valence-electron chi connectivity index (χ4n) is 2.38. The van der Waals surface area contributed by atoms with Crippen molar-refractivity contribution in [3.63, 3.8) is 0 Å². The van der Waals surface area contributed by atoms with Gasteiger partial charge in [-0.2, -0.15) is 4.98 Å². The summed E-state index contributed by atoms with van der Waals surface area (Å²) in [6.45, 7) is 2.99. The highest BCUT2D eigenvalue weighted by molar-refractivity contribution is 5.70. The number of nitrogens with zero attached hydrogens (tertiary/aromatic N) is 2. The SMILES string of the molecule is c1cnc2nc(OCCC3CCCNC3)[nH]c2c1. The van der Waals surface area contributed by atoms with Crippen LogP contribution in [0.25, 0.3) is 11.2 Å². The molecule has 1 aliphatic heterocycles. The zero-order chi connectivity index (χ0) is 12.2. The predicted molar refractivity (Wildman–Crippen MR) is 69.6 cm³/mol. The molecule has 0 amide bonds. The number of ether oxygens (including phenoxy) is 1. The average Bonchev–Trinajstić information content (AvgIpc) is 2.82. The molecule has 0 bridgehead atoms. The van der Waals surface area contributed by atoms with Crippen LogP contribution >= 0.6 is 0 Å². The van der Waals surface area contributed by atoms with Crippen molar-refractivity contribution in [3.05, 3.63) is 18.3 Å². The number of aromatic amines is 1. The normalized spacial score (nSPS) is 20.1. The first-order valence-electron chi connectivity index (χ1n) is 6.56. The van der Waals surface area contributed by atoms with E-state index in [0.29, 0.717) is 18.3 Å². The van der Waals surface area contributed by atoms with Crippen LogP contribution in [0.4, 0.5) is 0 Å². The zero-order valence-electron chi connectivity index (χ0n) is 10.4. The number of H-pyrrole nitrogens is 1. The number of hydrogen-bond acceptors (Lipinski definition) is 4. The van der Waals surface area contributed by atoms with Gasteiger partial charge in [0.15, 0.2) is 5.65 Å². The first-order chi connectivity index (χ1) is 8.92. The van der Waals surface area contributed by atoms with Gasteiger partial charge in [-0.3, -0.25) is 0 Å². The molecule has 1 fully saturated rings. The Labute approximate surface area is 106 Å². The predicted octanol–water partition coefficient (Wildman–Crippen LogP) is 1.73. The molecule has 18 heavy (non-hydrogen) atoms. The first kappa shape index (κ1) is 11.5. The van der Waals surface area contributed by atoms with Gasteiger partial charge in [-0.1, -0.05) is 0 Å². The molecule has 5 heteroatoms. The molecule has 1 aliphatic rings. The van der Waals surface area contributed by atoms with Crippen molar-refractivity contribution < 1.29 is 4.74 Å². The Bertz CT molecular complexity index is 471. The number of fused-ring (bicyclic) bond motifs is 1. The van der Waals surface area contributed by atoms with E-state index in [1.165, 1.54) is 12.8 Å². The number of piperidine rings is 1. The molecule has 0 spiro atoms. The van der Waals surface area contributed by atoms with Crippen LogP contribution in [0.1, 0.15) is 19.3 Å². The molecule has 3 heterocycles. The van der Waals surface area contributed by atoms with Crippen LogP contribution in [-0.4, -0.2) is 34.6 Å². The van der Waals surface area contributed by atoms with E-state index in [4.69, 9.17) is 4.74 Å². The van der Waals surface area contributed by atoms with Crippen molar-refractivity contribution in [3.8, 4) is 6.01 Å². The molecular weight excluding hydrogens is 228 g/mol. The summed E-state index contributed by atoms with van der Waals surface area (Å²) in [4.78, 5) is 11.6. The first-order valence-corrected chi connectivity index (χ1v) is 6.56. The van der Waals surface area contributed by atoms with E-state index in [9.17, 15) is 0 Å². The van der Waals surface area contributed by atoms with Crippen LogP contribution < -0.4 is 10.1 Å². The summed E-state index contributed by atoms with van der Waals surface area (Å²) in [5.41, 5.74) is 1.64. The van der Waals surface area contributed by atoms with Gasteiger partial charge >= 0.3 is 0 Å². The van der Waals surface area contributed by atoms with E-state index in [0.717, 1.165) is 30.9 Å². The molecule has 0 aromatic carbocycles. The van der Waals surface area contributed by atoms with Crippen molar-refractivity contribution in [2.45, 2.75) is 19.3 Å². The van der Waals surface area contributed by atoms with Crippen molar-refractivity contribution >= 4 is 11.2 Å². The number of hydrogen-bond donors (Lipinski definition) is 2. The van der Waals surface area contributed by atoms with Crippen LogP contribution in [0.15, 0.2) is 18.3 Å². The van der Waals surface area contributed by atoms with Crippen molar-refractivity contribution in [2.75, 3.05) is 19.7 Å². The summed E-state index contributed by atoms with van der Waals surface area (Å²) in [5, 5.41) is 3.42. The molecule has 0 saturated carbocycles. The topological polar surface area (TPSA) is 62.8 Å². The van der Waals surface area contributed by atoms with Crippen LogP contribution in [-0.2, 0) is 0 Å². The minimum Gasteiger partial charge on any atom is -0.465 e. The second-order valence-electron chi connectivity index (χ2n) is 4.77. The molecule has 96 valence electrons. The summed E-state index contributed by atoms with van der Waals surface area (Å²) < 4.78 is 5.66. The van der Waals surface area contributed by atoms with Crippen LogP contribution in [0.2, 0.25) is 0 Å². The summed E-state index contributed by atoms with van der Waals surface area (Å²) in [7, 11) is 0. The highest BCUT2D eigenvalue weighted by atomic mass is 16.5. The van der Waals surface area contributed by atoms with E-state index in [-0.39, 0.29) is 0 Å².